The molecule has 20 heavy (non-hydrogen) atoms. The number of nitrogens with one attached hydrogen (secondary N) is 1. The summed E-state index contributed by atoms with van der Waals surface area (Å²) in [5.41, 5.74) is 3.51. The fourth-order valence-corrected chi connectivity index (χ4v) is 2.49. The minimum Gasteiger partial charge on any atom is -0.496 e. The van der Waals surface area contributed by atoms with E-state index in [1.165, 1.54) is 5.56 Å². The van der Waals surface area contributed by atoms with Crippen LogP contribution in [0.5, 0.6) is 5.75 Å². The smallest absolute Gasteiger partial charge is 0.124 e. The van der Waals surface area contributed by atoms with Gasteiger partial charge in [-0.1, -0.05) is 19.1 Å². The van der Waals surface area contributed by atoms with Crippen LogP contribution in [0.2, 0.25) is 0 Å². The molecule has 1 heterocycles. The molecule has 4 heteroatoms. The Morgan fingerprint density at radius 1 is 1.30 bits per heavy atom. The van der Waals surface area contributed by atoms with Gasteiger partial charge in [0.25, 0.3) is 0 Å². The molecule has 2 aromatic rings. The number of nitrogens with zero attached hydrogens (tertiary/aromatic N) is 2. The Morgan fingerprint density at radius 3 is 2.75 bits per heavy atom. The first-order valence-electron chi connectivity index (χ1n) is 7.10. The molecule has 0 aliphatic rings. The van der Waals surface area contributed by atoms with Crippen LogP contribution >= 0.6 is 0 Å². The van der Waals surface area contributed by atoms with E-state index in [1.807, 2.05) is 10.9 Å². The van der Waals surface area contributed by atoms with Crippen LogP contribution in [-0.4, -0.2) is 23.4 Å². The van der Waals surface area contributed by atoms with Crippen LogP contribution in [-0.2, 0) is 6.54 Å². The molecule has 1 N–H and O–H groups in total. The predicted molar refractivity (Wildman–Crippen MR) is 81.2 cm³/mol. The highest BCUT2D eigenvalue weighted by atomic mass is 16.5. The van der Waals surface area contributed by atoms with E-state index in [4.69, 9.17) is 4.74 Å². The Bertz CT molecular complexity index is 563. The number of ether oxygens (including phenoxy) is 1. The molecule has 1 unspecified atom stereocenters. The summed E-state index contributed by atoms with van der Waals surface area (Å²) in [6.07, 6.45) is 1.85. The first-order chi connectivity index (χ1) is 9.71. The summed E-state index contributed by atoms with van der Waals surface area (Å²) >= 11 is 0. The van der Waals surface area contributed by atoms with E-state index >= 15 is 0 Å². The van der Waals surface area contributed by atoms with Crippen LogP contribution in [0.1, 0.15) is 36.7 Å². The molecule has 1 atom stereocenters. The Hall–Kier alpha value is -1.81. The molecule has 0 fully saturated rings. The summed E-state index contributed by atoms with van der Waals surface area (Å²) in [5.74, 6) is 0.916. The highest BCUT2D eigenvalue weighted by Crippen LogP contribution is 2.30. The van der Waals surface area contributed by atoms with Gasteiger partial charge in [0, 0.05) is 18.3 Å². The average molecular weight is 273 g/mol. The van der Waals surface area contributed by atoms with Gasteiger partial charge in [-0.25, -0.2) is 0 Å². The minimum atomic E-state index is 0.0954. The van der Waals surface area contributed by atoms with Gasteiger partial charge in [-0.05, 0) is 38.1 Å². The van der Waals surface area contributed by atoms with Crippen LogP contribution in [0.15, 0.2) is 30.5 Å². The van der Waals surface area contributed by atoms with E-state index in [0.29, 0.717) is 0 Å². The van der Waals surface area contributed by atoms with Crippen LogP contribution in [0.3, 0.4) is 0 Å². The molecule has 1 aromatic carbocycles. The van der Waals surface area contributed by atoms with Crippen LogP contribution in [0.4, 0.5) is 0 Å². The van der Waals surface area contributed by atoms with Crippen molar-refractivity contribution >= 4 is 0 Å². The van der Waals surface area contributed by atoms with Crippen LogP contribution in [0, 0.1) is 6.92 Å². The van der Waals surface area contributed by atoms with Crippen molar-refractivity contribution in [2.24, 2.45) is 0 Å². The van der Waals surface area contributed by atoms with Gasteiger partial charge in [0.15, 0.2) is 0 Å². The molecule has 108 valence electrons. The van der Waals surface area contributed by atoms with E-state index in [2.05, 4.69) is 55.5 Å². The third-order valence-electron chi connectivity index (χ3n) is 3.45. The number of methoxy groups -OCH3 is 1. The molecule has 1 aromatic heterocycles. The topological polar surface area (TPSA) is 39.1 Å². The van der Waals surface area contributed by atoms with E-state index in [1.54, 1.807) is 7.11 Å². The Kier molecular flexibility index (Phi) is 4.79. The normalized spacial score (nSPS) is 12.4. The molecule has 2 rings (SSSR count). The highest BCUT2D eigenvalue weighted by molar-refractivity contribution is 5.42. The number of hydrogen-bond donors (Lipinski definition) is 1. The molecule has 0 saturated carbocycles. The highest BCUT2D eigenvalue weighted by Gasteiger charge is 2.20. The lowest BCUT2D eigenvalue weighted by atomic mass is 10.0. The van der Waals surface area contributed by atoms with Crippen molar-refractivity contribution < 1.29 is 4.74 Å². The average Bonchev–Trinajstić information content (AvgIpc) is 2.93. The summed E-state index contributed by atoms with van der Waals surface area (Å²) in [6.45, 7) is 8.03. The zero-order valence-electron chi connectivity index (χ0n) is 12.7. The zero-order valence-corrected chi connectivity index (χ0v) is 12.7. The van der Waals surface area contributed by atoms with Crippen molar-refractivity contribution in [3.63, 3.8) is 0 Å². The fourth-order valence-electron chi connectivity index (χ4n) is 2.49. The molecule has 0 bridgehead atoms. The molecule has 0 aliphatic heterocycles. The van der Waals surface area contributed by atoms with Gasteiger partial charge in [0.05, 0.1) is 18.8 Å². The van der Waals surface area contributed by atoms with E-state index in [9.17, 15) is 0 Å². The maximum absolute atomic E-state index is 5.56. The summed E-state index contributed by atoms with van der Waals surface area (Å²) < 4.78 is 7.58. The SMILES string of the molecule is CCNC(c1ccc(C)cc1OC)c1ccnn1CC. The van der Waals surface area contributed by atoms with Gasteiger partial charge in [0.2, 0.25) is 0 Å². The van der Waals surface area contributed by atoms with Crippen molar-refractivity contribution in [3.8, 4) is 5.75 Å². The molecule has 0 amide bonds. The molecular weight excluding hydrogens is 250 g/mol. The summed E-state index contributed by atoms with van der Waals surface area (Å²) in [6, 6.07) is 8.49. The standard InChI is InChI=1S/C16H23N3O/c1-5-17-16(14-9-10-18-19(14)6-2)13-8-7-12(3)11-15(13)20-4/h7-11,16-17H,5-6H2,1-4H3. The first-order valence-corrected chi connectivity index (χ1v) is 7.10. The van der Waals surface area contributed by atoms with Gasteiger partial charge in [0.1, 0.15) is 5.75 Å². The number of rotatable bonds is 6. The number of benzene rings is 1. The lowest BCUT2D eigenvalue weighted by molar-refractivity contribution is 0.402. The lowest BCUT2D eigenvalue weighted by Crippen LogP contribution is -2.25. The molecule has 0 saturated heterocycles. The molecule has 0 aliphatic carbocycles. The van der Waals surface area contributed by atoms with Crippen molar-refractivity contribution in [2.75, 3.05) is 13.7 Å². The monoisotopic (exact) mass is 273 g/mol. The zero-order chi connectivity index (χ0) is 14.5. The third-order valence-corrected chi connectivity index (χ3v) is 3.45. The third kappa shape index (κ3) is 2.85. The fraction of sp³-hybridized carbons (Fsp3) is 0.438. The van der Waals surface area contributed by atoms with Crippen LogP contribution < -0.4 is 10.1 Å². The van der Waals surface area contributed by atoms with E-state index in [0.717, 1.165) is 30.1 Å². The summed E-state index contributed by atoms with van der Waals surface area (Å²) in [4.78, 5) is 0. The lowest BCUT2D eigenvalue weighted by Gasteiger charge is -2.22. The van der Waals surface area contributed by atoms with E-state index < -0.39 is 0 Å². The van der Waals surface area contributed by atoms with Crippen molar-refractivity contribution in [1.29, 1.82) is 0 Å². The Balaban J connectivity index is 2.48. The Labute approximate surface area is 120 Å². The largest absolute Gasteiger partial charge is 0.496 e. The predicted octanol–water partition coefficient (Wildman–Crippen LogP) is 2.92. The van der Waals surface area contributed by atoms with Gasteiger partial charge in [-0.2, -0.15) is 5.10 Å². The summed E-state index contributed by atoms with van der Waals surface area (Å²) in [7, 11) is 1.72. The van der Waals surface area contributed by atoms with Gasteiger partial charge >= 0.3 is 0 Å². The van der Waals surface area contributed by atoms with E-state index in [-0.39, 0.29) is 6.04 Å². The van der Waals surface area contributed by atoms with Crippen molar-refractivity contribution in [3.05, 3.63) is 47.3 Å². The number of aromatic nitrogens is 2. The first kappa shape index (κ1) is 14.6. The quantitative estimate of drug-likeness (QED) is 0.879. The number of hydrogen-bond acceptors (Lipinski definition) is 3. The van der Waals surface area contributed by atoms with Crippen molar-refractivity contribution in [1.82, 2.24) is 15.1 Å². The second kappa shape index (κ2) is 6.57. The van der Waals surface area contributed by atoms with Gasteiger partial charge in [-0.15, -0.1) is 0 Å². The minimum absolute atomic E-state index is 0.0954. The second-order valence-corrected chi connectivity index (χ2v) is 4.81. The maximum Gasteiger partial charge on any atom is 0.124 e. The molecular formula is C16H23N3O. The van der Waals surface area contributed by atoms with Crippen LogP contribution in [0.25, 0.3) is 0 Å². The number of aryl methyl sites for hydroxylation is 2. The molecule has 0 radical (unpaired) electrons. The Morgan fingerprint density at radius 2 is 2.10 bits per heavy atom. The molecule has 0 spiro atoms. The van der Waals surface area contributed by atoms with Crippen molar-refractivity contribution in [2.45, 2.75) is 33.4 Å². The van der Waals surface area contributed by atoms with Gasteiger partial charge in [-0.3, -0.25) is 4.68 Å². The molecule has 4 nitrogen and oxygen atoms in total. The second-order valence-electron chi connectivity index (χ2n) is 4.81. The van der Waals surface area contributed by atoms with Gasteiger partial charge < -0.3 is 10.1 Å². The maximum atomic E-state index is 5.56. The summed E-state index contributed by atoms with van der Waals surface area (Å²) in [5, 5.41) is 7.90.